The summed E-state index contributed by atoms with van der Waals surface area (Å²) >= 11 is 0. The van der Waals surface area contributed by atoms with Crippen LogP contribution in [0.3, 0.4) is 0 Å². The number of carbonyl (C=O) groups is 5. The van der Waals surface area contributed by atoms with Crippen molar-refractivity contribution < 1.29 is 34.2 Å². The van der Waals surface area contributed by atoms with E-state index in [-0.39, 0.29) is 63.8 Å². The number of nitrogens with zero attached hydrogens (tertiary/aromatic N) is 3. The summed E-state index contributed by atoms with van der Waals surface area (Å²) in [5, 5.41) is 27.2. The van der Waals surface area contributed by atoms with Gasteiger partial charge in [-0.1, -0.05) is 0 Å². The molecule has 0 spiro atoms. The topological polar surface area (TPSA) is 320 Å². The van der Waals surface area contributed by atoms with E-state index in [1.165, 1.54) is 11.8 Å². The van der Waals surface area contributed by atoms with Crippen molar-refractivity contribution in [3.8, 4) is 0 Å². The molecule has 41 heavy (non-hydrogen) atoms. The molecule has 0 aromatic rings. The number of carboxylic acids is 1. The van der Waals surface area contributed by atoms with Gasteiger partial charge in [-0.3, -0.25) is 29.2 Å². The molecule has 15 N–H and O–H groups in total. The van der Waals surface area contributed by atoms with Crippen LogP contribution in [0.2, 0.25) is 0 Å². The van der Waals surface area contributed by atoms with Gasteiger partial charge in [-0.25, -0.2) is 4.79 Å². The quantitative estimate of drug-likeness (QED) is 0.0435. The predicted molar refractivity (Wildman–Crippen MR) is 149 cm³/mol. The Morgan fingerprint density at radius 3 is 1.98 bits per heavy atom. The summed E-state index contributed by atoms with van der Waals surface area (Å²) in [6, 6.07) is -4.83. The van der Waals surface area contributed by atoms with E-state index in [2.05, 4.69) is 25.9 Å². The predicted octanol–water partition coefficient (Wildman–Crippen LogP) is -5.04. The SMILES string of the molecule is C[C@@H](O)[C@H](NC(=O)[C@H](CCCN=C(N)N)NC(=O)CN)C(=O)N1CCC[C@H]1C(=O)N[C@@H](CCCN=C(N)N)C(=O)O. The molecule has 18 nitrogen and oxygen atoms in total. The maximum absolute atomic E-state index is 13.4. The summed E-state index contributed by atoms with van der Waals surface area (Å²) in [6.45, 7) is 1.40. The molecule has 0 saturated carbocycles. The second-order valence-corrected chi connectivity index (χ2v) is 9.54. The first-order valence-electron chi connectivity index (χ1n) is 13.2. The summed E-state index contributed by atoms with van der Waals surface area (Å²) in [5.41, 5.74) is 26.5. The molecule has 232 valence electrons. The Bertz CT molecular complexity index is 981. The molecule has 1 rings (SSSR count). The van der Waals surface area contributed by atoms with E-state index >= 15 is 0 Å². The van der Waals surface area contributed by atoms with Gasteiger partial charge in [0.2, 0.25) is 23.6 Å². The number of nitrogens with one attached hydrogen (secondary N) is 3. The van der Waals surface area contributed by atoms with E-state index in [1.54, 1.807) is 0 Å². The van der Waals surface area contributed by atoms with Gasteiger partial charge in [0.1, 0.15) is 24.2 Å². The molecule has 1 aliphatic rings. The van der Waals surface area contributed by atoms with Crippen molar-refractivity contribution in [2.45, 2.75) is 75.7 Å². The summed E-state index contributed by atoms with van der Waals surface area (Å²) in [6.07, 6.45) is 0.0508. The average molecular weight is 586 g/mol. The fourth-order valence-electron chi connectivity index (χ4n) is 4.18. The molecule has 18 heteroatoms. The minimum Gasteiger partial charge on any atom is -0.480 e. The molecule has 0 bridgehead atoms. The largest absolute Gasteiger partial charge is 0.480 e. The summed E-state index contributed by atoms with van der Waals surface area (Å²) in [7, 11) is 0. The van der Waals surface area contributed by atoms with Crippen molar-refractivity contribution in [2.75, 3.05) is 26.2 Å². The van der Waals surface area contributed by atoms with E-state index in [0.717, 1.165) is 0 Å². The summed E-state index contributed by atoms with van der Waals surface area (Å²) in [5.74, 6) is -4.35. The number of aliphatic hydroxyl groups is 1. The fraction of sp³-hybridized carbons (Fsp3) is 0.696. The molecular weight excluding hydrogens is 542 g/mol. The Kier molecular flexibility index (Phi) is 14.9. The molecule has 1 heterocycles. The number of nitrogens with two attached hydrogens (primary N) is 5. The van der Waals surface area contributed by atoms with Crippen LogP contribution in [0.15, 0.2) is 9.98 Å². The third-order valence-electron chi connectivity index (χ3n) is 6.23. The molecule has 0 aromatic heterocycles. The van der Waals surface area contributed by atoms with Gasteiger partial charge in [-0.2, -0.15) is 0 Å². The summed E-state index contributed by atoms with van der Waals surface area (Å²) in [4.78, 5) is 71.9. The standard InChI is InChI=1S/C23H43N11O7/c1-12(35)17(33-18(37)13(31-16(36)11-24)5-2-8-29-22(25)26)20(39)34-10-4-7-15(34)19(38)32-14(21(40)41)6-3-9-30-23(27)28/h12-15,17,35H,2-11,24H2,1H3,(H,31,36)(H,32,38)(H,33,37)(H,40,41)(H4,25,26,29)(H4,27,28,30)/t12-,13+,14+,15+,17+/m1/s1. The lowest BCUT2D eigenvalue weighted by Gasteiger charge is -2.31. The normalized spacial score (nSPS) is 17.3. The third-order valence-corrected chi connectivity index (χ3v) is 6.23. The Morgan fingerprint density at radius 1 is 0.927 bits per heavy atom. The number of guanidine groups is 2. The Balaban J connectivity index is 2.97. The highest BCUT2D eigenvalue weighted by atomic mass is 16.4. The van der Waals surface area contributed by atoms with Crippen molar-refractivity contribution in [1.82, 2.24) is 20.9 Å². The van der Waals surface area contributed by atoms with Crippen LogP contribution in [-0.4, -0.2) is 113 Å². The molecular formula is C23H43N11O7. The van der Waals surface area contributed by atoms with Gasteiger partial charge in [-0.05, 0) is 45.4 Å². The number of rotatable bonds is 17. The molecule has 0 aromatic carbocycles. The van der Waals surface area contributed by atoms with E-state index in [1.807, 2.05) is 0 Å². The molecule has 1 fully saturated rings. The zero-order chi connectivity index (χ0) is 31.1. The lowest BCUT2D eigenvalue weighted by Crippen LogP contribution is -2.60. The lowest BCUT2D eigenvalue weighted by molar-refractivity contribution is -0.146. The first kappa shape index (κ1) is 34.8. The maximum atomic E-state index is 13.4. The average Bonchev–Trinajstić information content (AvgIpc) is 3.39. The van der Waals surface area contributed by atoms with Gasteiger partial charge >= 0.3 is 5.97 Å². The van der Waals surface area contributed by atoms with Crippen LogP contribution >= 0.6 is 0 Å². The molecule has 5 atom stereocenters. The number of amides is 4. The van der Waals surface area contributed by atoms with Crippen molar-refractivity contribution in [3.05, 3.63) is 0 Å². The van der Waals surface area contributed by atoms with Crippen LogP contribution in [0, 0.1) is 0 Å². The zero-order valence-corrected chi connectivity index (χ0v) is 23.1. The number of carboxylic acid groups (broad SMARTS) is 1. The van der Waals surface area contributed by atoms with E-state index in [0.29, 0.717) is 12.8 Å². The molecule has 0 unspecified atom stereocenters. The highest BCUT2D eigenvalue weighted by Gasteiger charge is 2.40. The van der Waals surface area contributed by atoms with Gasteiger partial charge in [0.15, 0.2) is 11.9 Å². The highest BCUT2D eigenvalue weighted by Crippen LogP contribution is 2.20. The van der Waals surface area contributed by atoms with E-state index in [9.17, 15) is 34.2 Å². The fourth-order valence-corrected chi connectivity index (χ4v) is 4.18. The van der Waals surface area contributed by atoms with Crippen LogP contribution in [0.5, 0.6) is 0 Å². The maximum Gasteiger partial charge on any atom is 0.326 e. The highest BCUT2D eigenvalue weighted by molar-refractivity contribution is 5.95. The van der Waals surface area contributed by atoms with Gasteiger partial charge in [0.05, 0.1) is 12.6 Å². The van der Waals surface area contributed by atoms with Crippen molar-refractivity contribution in [2.24, 2.45) is 38.7 Å². The third kappa shape index (κ3) is 12.2. The Hall–Kier alpha value is -4.19. The van der Waals surface area contributed by atoms with Crippen molar-refractivity contribution in [1.29, 1.82) is 0 Å². The molecule has 4 amide bonds. The van der Waals surface area contributed by atoms with Crippen molar-refractivity contribution in [3.63, 3.8) is 0 Å². The lowest BCUT2D eigenvalue weighted by atomic mass is 10.1. The van der Waals surface area contributed by atoms with Crippen LogP contribution in [-0.2, 0) is 24.0 Å². The Morgan fingerprint density at radius 2 is 1.49 bits per heavy atom. The first-order chi connectivity index (χ1) is 19.3. The number of aliphatic carboxylic acids is 1. The molecule has 1 aliphatic heterocycles. The van der Waals surface area contributed by atoms with E-state index in [4.69, 9.17) is 28.7 Å². The number of hydrogen-bond acceptors (Lipinski definition) is 9. The number of carbonyl (C=O) groups excluding carboxylic acids is 4. The minimum atomic E-state index is -1.46. The monoisotopic (exact) mass is 585 g/mol. The van der Waals surface area contributed by atoms with Crippen LogP contribution in [0.25, 0.3) is 0 Å². The number of hydrogen-bond donors (Lipinski definition) is 10. The van der Waals surface area contributed by atoms with Gasteiger partial charge in [0.25, 0.3) is 0 Å². The molecule has 1 saturated heterocycles. The van der Waals surface area contributed by atoms with Crippen molar-refractivity contribution >= 4 is 41.5 Å². The van der Waals surface area contributed by atoms with Crippen LogP contribution in [0.4, 0.5) is 0 Å². The number of aliphatic hydroxyl groups excluding tert-OH is 1. The van der Waals surface area contributed by atoms with E-state index < -0.39 is 59.9 Å². The van der Waals surface area contributed by atoms with Gasteiger partial charge < -0.3 is 59.7 Å². The van der Waals surface area contributed by atoms with Gasteiger partial charge in [0, 0.05) is 19.6 Å². The molecule has 0 aliphatic carbocycles. The second kappa shape index (κ2) is 17.5. The number of likely N-dealkylation sites (tertiary alicyclic amines) is 1. The second-order valence-electron chi connectivity index (χ2n) is 9.54. The zero-order valence-electron chi connectivity index (χ0n) is 23.1. The first-order valence-corrected chi connectivity index (χ1v) is 13.2. The minimum absolute atomic E-state index is 0.0456. The van der Waals surface area contributed by atoms with Crippen LogP contribution < -0.4 is 44.6 Å². The molecule has 0 radical (unpaired) electrons. The van der Waals surface area contributed by atoms with Crippen LogP contribution in [0.1, 0.15) is 45.4 Å². The van der Waals surface area contributed by atoms with Gasteiger partial charge in [-0.15, -0.1) is 0 Å². The smallest absolute Gasteiger partial charge is 0.326 e. The number of aliphatic imine (C=N–C) groups is 2. The summed E-state index contributed by atoms with van der Waals surface area (Å²) < 4.78 is 0. The Labute approximate surface area is 237 Å².